The number of hydrogen-bond donors (Lipinski definition) is 0. The van der Waals surface area contributed by atoms with Gasteiger partial charge in [0.1, 0.15) is 4.90 Å². The molecular formula is C22H20Cl2N4O4S. The van der Waals surface area contributed by atoms with Gasteiger partial charge in [0.15, 0.2) is 0 Å². The minimum Gasteiger partial charge on any atom is -0.416 e. The fraction of sp³-hybridized carbons (Fsp3) is 0.227. The molecule has 4 rings (SSSR count). The van der Waals surface area contributed by atoms with E-state index in [-0.39, 0.29) is 39.8 Å². The van der Waals surface area contributed by atoms with Crippen molar-refractivity contribution in [2.75, 3.05) is 27.2 Å². The lowest BCUT2D eigenvalue weighted by molar-refractivity contribution is 0.0828. The van der Waals surface area contributed by atoms with E-state index >= 15 is 0 Å². The molecule has 0 N–H and O–H groups in total. The zero-order valence-corrected chi connectivity index (χ0v) is 20.2. The van der Waals surface area contributed by atoms with Crippen molar-refractivity contribution in [3.8, 4) is 11.5 Å². The van der Waals surface area contributed by atoms with Gasteiger partial charge >= 0.3 is 0 Å². The molecule has 2 heterocycles. The average molecular weight is 507 g/mol. The Morgan fingerprint density at radius 3 is 2.42 bits per heavy atom. The average Bonchev–Trinajstić information content (AvgIpc) is 3.29. The Kier molecular flexibility index (Phi) is 6.58. The topological polar surface area (TPSA) is 96.6 Å². The van der Waals surface area contributed by atoms with Crippen LogP contribution in [-0.2, 0) is 10.0 Å². The first-order valence-corrected chi connectivity index (χ1v) is 12.2. The molecule has 0 radical (unpaired) electrons. The number of nitrogens with zero attached hydrogens (tertiary/aromatic N) is 4. The van der Waals surface area contributed by atoms with Gasteiger partial charge in [0.25, 0.3) is 5.91 Å². The fourth-order valence-electron chi connectivity index (χ4n) is 3.39. The van der Waals surface area contributed by atoms with Gasteiger partial charge in [-0.05, 0) is 36.8 Å². The van der Waals surface area contributed by atoms with Gasteiger partial charge < -0.3 is 9.32 Å². The van der Waals surface area contributed by atoms with Crippen molar-refractivity contribution < 1.29 is 17.6 Å². The van der Waals surface area contributed by atoms with Gasteiger partial charge in [0.2, 0.25) is 21.8 Å². The number of hydrogen-bond acceptors (Lipinski definition) is 6. The number of rotatable bonds is 5. The number of carbonyl (C=O) groups excluding carboxylic acids is 1. The molecule has 172 valence electrons. The quantitative estimate of drug-likeness (QED) is 0.513. The molecule has 0 aliphatic carbocycles. The van der Waals surface area contributed by atoms with Crippen LogP contribution in [0.5, 0.6) is 0 Å². The van der Waals surface area contributed by atoms with E-state index in [0.717, 1.165) is 5.57 Å². The molecule has 0 spiro atoms. The first-order chi connectivity index (χ1) is 15.7. The molecule has 0 atom stereocenters. The molecule has 1 aliphatic heterocycles. The van der Waals surface area contributed by atoms with Crippen molar-refractivity contribution in [3.63, 3.8) is 0 Å². The molecule has 0 saturated heterocycles. The largest absolute Gasteiger partial charge is 0.416 e. The second-order valence-electron chi connectivity index (χ2n) is 7.58. The van der Waals surface area contributed by atoms with Gasteiger partial charge in [-0.3, -0.25) is 4.79 Å². The van der Waals surface area contributed by atoms with E-state index in [4.69, 9.17) is 27.6 Å². The van der Waals surface area contributed by atoms with Crippen molar-refractivity contribution >= 4 is 44.7 Å². The Hall–Kier alpha value is -2.72. The Morgan fingerprint density at radius 2 is 1.79 bits per heavy atom. The first kappa shape index (κ1) is 23.4. The molecule has 1 amide bonds. The van der Waals surface area contributed by atoms with Crippen molar-refractivity contribution in [1.29, 1.82) is 0 Å². The van der Waals surface area contributed by atoms with Crippen LogP contribution in [0.3, 0.4) is 0 Å². The van der Waals surface area contributed by atoms with Crippen molar-refractivity contribution in [2.24, 2.45) is 0 Å². The Morgan fingerprint density at radius 1 is 1.06 bits per heavy atom. The zero-order chi connectivity index (χ0) is 23.8. The molecule has 3 aromatic rings. The summed E-state index contributed by atoms with van der Waals surface area (Å²) in [6.45, 7) is 0.415. The second kappa shape index (κ2) is 9.26. The third-order valence-corrected chi connectivity index (χ3v) is 7.86. The molecule has 8 nitrogen and oxygen atoms in total. The van der Waals surface area contributed by atoms with E-state index in [2.05, 4.69) is 10.2 Å². The third-order valence-electron chi connectivity index (χ3n) is 5.18. The van der Waals surface area contributed by atoms with Crippen LogP contribution in [0, 0.1) is 0 Å². The normalized spacial score (nSPS) is 14.7. The summed E-state index contributed by atoms with van der Waals surface area (Å²) in [6, 6.07) is 11.3. The smallest absolute Gasteiger partial charge is 0.254 e. The van der Waals surface area contributed by atoms with Gasteiger partial charge in [0, 0.05) is 38.3 Å². The molecule has 1 aromatic heterocycles. The molecule has 0 saturated carbocycles. The van der Waals surface area contributed by atoms with E-state index in [1.807, 2.05) is 0 Å². The predicted octanol–water partition coefficient (Wildman–Crippen LogP) is 4.22. The predicted molar refractivity (Wildman–Crippen MR) is 126 cm³/mol. The van der Waals surface area contributed by atoms with Crippen LogP contribution in [0.2, 0.25) is 10.0 Å². The van der Waals surface area contributed by atoms with Crippen LogP contribution in [0.25, 0.3) is 17.0 Å². The number of sulfonamides is 1. The summed E-state index contributed by atoms with van der Waals surface area (Å²) in [5.74, 6) is 0.355. The van der Waals surface area contributed by atoms with Crippen molar-refractivity contribution in [2.45, 2.75) is 11.3 Å². The summed E-state index contributed by atoms with van der Waals surface area (Å²) in [4.78, 5) is 13.7. The van der Waals surface area contributed by atoms with Crippen molar-refractivity contribution in [1.82, 2.24) is 19.4 Å². The van der Waals surface area contributed by atoms with Crippen LogP contribution in [0.1, 0.15) is 22.7 Å². The highest BCUT2D eigenvalue weighted by Gasteiger charge is 2.29. The van der Waals surface area contributed by atoms with Gasteiger partial charge in [-0.2, -0.15) is 4.31 Å². The first-order valence-electron chi connectivity index (χ1n) is 9.97. The van der Waals surface area contributed by atoms with Gasteiger partial charge in [-0.25, -0.2) is 8.42 Å². The van der Waals surface area contributed by atoms with Crippen LogP contribution >= 0.6 is 23.2 Å². The van der Waals surface area contributed by atoms with Crippen LogP contribution in [0.15, 0.2) is 57.9 Å². The zero-order valence-electron chi connectivity index (χ0n) is 17.8. The Bertz CT molecular complexity index is 1350. The van der Waals surface area contributed by atoms with E-state index in [1.165, 1.54) is 15.3 Å². The minimum atomic E-state index is -3.71. The number of aromatic nitrogens is 2. The lowest BCUT2D eigenvalue weighted by Crippen LogP contribution is -2.34. The molecule has 0 unspecified atom stereocenters. The summed E-state index contributed by atoms with van der Waals surface area (Å²) in [5, 5.41) is 8.64. The highest BCUT2D eigenvalue weighted by atomic mass is 35.5. The molecule has 33 heavy (non-hydrogen) atoms. The van der Waals surface area contributed by atoms with E-state index in [0.29, 0.717) is 23.4 Å². The standard InChI is InChI=1S/C22H20Cl2N4O4S/c1-27(2)22(29)16-8-7-15(13-18(16)24)21-26-25-20(32-21)14-9-11-28(12-10-14)33(30,31)19-6-4-3-5-17(19)23/h3-9,13H,10-12H2,1-2H3. The molecule has 2 aromatic carbocycles. The lowest BCUT2D eigenvalue weighted by Gasteiger charge is -2.25. The summed E-state index contributed by atoms with van der Waals surface area (Å²) in [7, 11) is -0.417. The third kappa shape index (κ3) is 4.67. The lowest BCUT2D eigenvalue weighted by atomic mass is 10.1. The number of halogens is 2. The second-order valence-corrected chi connectivity index (χ2v) is 10.3. The van der Waals surface area contributed by atoms with E-state index in [9.17, 15) is 13.2 Å². The number of benzene rings is 2. The monoisotopic (exact) mass is 506 g/mol. The highest BCUT2D eigenvalue weighted by molar-refractivity contribution is 7.89. The Balaban J connectivity index is 1.52. The van der Waals surface area contributed by atoms with Gasteiger partial charge in [-0.1, -0.05) is 41.4 Å². The molecule has 0 fully saturated rings. The maximum atomic E-state index is 12.9. The maximum Gasteiger partial charge on any atom is 0.254 e. The van der Waals surface area contributed by atoms with Gasteiger partial charge in [-0.15, -0.1) is 10.2 Å². The Labute approximate surface area is 201 Å². The molecule has 11 heteroatoms. The molecule has 0 bridgehead atoms. The van der Waals surface area contributed by atoms with Gasteiger partial charge in [0.05, 0.1) is 15.6 Å². The summed E-state index contributed by atoms with van der Waals surface area (Å²) in [6.07, 6.45) is 2.16. The summed E-state index contributed by atoms with van der Waals surface area (Å²) < 4.78 is 33.0. The van der Waals surface area contributed by atoms with E-state index in [1.54, 1.807) is 56.6 Å². The summed E-state index contributed by atoms with van der Waals surface area (Å²) in [5.41, 5.74) is 1.71. The number of amides is 1. The maximum absolute atomic E-state index is 12.9. The van der Waals surface area contributed by atoms with Crippen LogP contribution in [0.4, 0.5) is 0 Å². The van der Waals surface area contributed by atoms with Crippen molar-refractivity contribution in [3.05, 3.63) is 70.0 Å². The highest BCUT2D eigenvalue weighted by Crippen LogP contribution is 2.31. The molecular weight excluding hydrogens is 487 g/mol. The minimum absolute atomic E-state index is 0.0802. The molecule has 1 aliphatic rings. The SMILES string of the molecule is CN(C)C(=O)c1ccc(-c2nnc(C3=CCN(S(=O)(=O)c4ccccc4Cl)CC3)o2)cc1Cl. The van der Waals surface area contributed by atoms with Crippen LogP contribution < -0.4 is 0 Å². The fourth-order valence-corrected chi connectivity index (χ4v) is 5.52. The summed E-state index contributed by atoms with van der Waals surface area (Å²) >= 11 is 12.4. The number of carbonyl (C=O) groups is 1. The van der Waals surface area contributed by atoms with E-state index < -0.39 is 10.0 Å². The van der Waals surface area contributed by atoms with Crippen LogP contribution in [-0.4, -0.2) is 60.9 Å².